The Balaban J connectivity index is 1.67. The topological polar surface area (TPSA) is 53.7 Å². The first-order chi connectivity index (χ1) is 10.7. The number of ether oxygens (including phenoxy) is 3. The molecule has 0 saturated carbocycles. The summed E-state index contributed by atoms with van der Waals surface area (Å²) in [5, 5.41) is 0. The third kappa shape index (κ3) is 3.52. The molecule has 0 aromatic heterocycles. The molecule has 0 aliphatic carbocycles. The van der Waals surface area contributed by atoms with Crippen LogP contribution in [0.15, 0.2) is 42.5 Å². The van der Waals surface area contributed by atoms with E-state index in [1.54, 1.807) is 0 Å². The average molecular weight is 299 g/mol. The van der Waals surface area contributed by atoms with Crippen LogP contribution in [0.5, 0.6) is 17.2 Å². The summed E-state index contributed by atoms with van der Waals surface area (Å²) in [4.78, 5) is 0. The quantitative estimate of drug-likeness (QED) is 0.941. The monoisotopic (exact) mass is 299 g/mol. The van der Waals surface area contributed by atoms with Gasteiger partial charge in [-0.25, -0.2) is 0 Å². The molecule has 4 nitrogen and oxygen atoms in total. The standard InChI is InChI=1S/C18H21NO3/c1-13-4-2-5-15(10-13)22-12-16(19)14-6-7-17-18(11-14)21-9-3-8-20-17/h2,4-7,10-11,16H,3,8-9,12,19H2,1H3. The molecule has 4 heteroatoms. The third-order valence-electron chi connectivity index (χ3n) is 3.62. The fourth-order valence-electron chi connectivity index (χ4n) is 2.40. The highest BCUT2D eigenvalue weighted by molar-refractivity contribution is 5.44. The maximum atomic E-state index is 6.23. The number of aryl methyl sites for hydroxylation is 1. The van der Waals surface area contributed by atoms with Crippen LogP contribution in [-0.4, -0.2) is 19.8 Å². The van der Waals surface area contributed by atoms with Crippen molar-refractivity contribution in [2.24, 2.45) is 5.73 Å². The summed E-state index contributed by atoms with van der Waals surface area (Å²) in [6, 6.07) is 13.6. The number of nitrogens with two attached hydrogens (primary N) is 1. The van der Waals surface area contributed by atoms with Gasteiger partial charge in [-0.3, -0.25) is 0 Å². The van der Waals surface area contributed by atoms with Crippen molar-refractivity contribution in [3.8, 4) is 17.2 Å². The summed E-state index contributed by atoms with van der Waals surface area (Å²) in [7, 11) is 0. The molecular weight excluding hydrogens is 278 g/mol. The van der Waals surface area contributed by atoms with E-state index < -0.39 is 0 Å². The van der Waals surface area contributed by atoms with E-state index in [-0.39, 0.29) is 6.04 Å². The van der Waals surface area contributed by atoms with Crippen molar-refractivity contribution in [2.45, 2.75) is 19.4 Å². The van der Waals surface area contributed by atoms with E-state index in [9.17, 15) is 0 Å². The van der Waals surface area contributed by atoms with Crippen molar-refractivity contribution >= 4 is 0 Å². The van der Waals surface area contributed by atoms with Gasteiger partial charge in [0.15, 0.2) is 11.5 Å². The fraction of sp³-hybridized carbons (Fsp3) is 0.333. The molecular formula is C18H21NO3. The zero-order valence-electron chi connectivity index (χ0n) is 12.7. The van der Waals surface area contributed by atoms with Crippen molar-refractivity contribution in [2.75, 3.05) is 19.8 Å². The number of hydrogen-bond donors (Lipinski definition) is 1. The lowest BCUT2D eigenvalue weighted by Gasteiger charge is -2.16. The number of rotatable bonds is 4. The molecule has 22 heavy (non-hydrogen) atoms. The van der Waals surface area contributed by atoms with Gasteiger partial charge < -0.3 is 19.9 Å². The van der Waals surface area contributed by atoms with Gasteiger partial charge in [-0.05, 0) is 42.3 Å². The van der Waals surface area contributed by atoms with Gasteiger partial charge in [0, 0.05) is 6.42 Å². The van der Waals surface area contributed by atoms with Crippen LogP contribution in [0.2, 0.25) is 0 Å². The van der Waals surface area contributed by atoms with Gasteiger partial charge in [0.25, 0.3) is 0 Å². The first-order valence-corrected chi connectivity index (χ1v) is 7.57. The highest BCUT2D eigenvalue weighted by Crippen LogP contribution is 2.32. The predicted molar refractivity (Wildman–Crippen MR) is 85.7 cm³/mol. The second kappa shape index (κ2) is 6.71. The summed E-state index contributed by atoms with van der Waals surface area (Å²) in [6.07, 6.45) is 0.895. The first-order valence-electron chi connectivity index (χ1n) is 7.57. The van der Waals surface area contributed by atoms with Crippen LogP contribution in [-0.2, 0) is 0 Å². The molecule has 0 spiro atoms. The highest BCUT2D eigenvalue weighted by Gasteiger charge is 2.14. The van der Waals surface area contributed by atoms with Gasteiger partial charge in [-0.15, -0.1) is 0 Å². The number of hydrogen-bond acceptors (Lipinski definition) is 4. The summed E-state index contributed by atoms with van der Waals surface area (Å²) < 4.78 is 17.1. The van der Waals surface area contributed by atoms with Crippen LogP contribution < -0.4 is 19.9 Å². The van der Waals surface area contributed by atoms with Crippen molar-refractivity contribution in [3.63, 3.8) is 0 Å². The van der Waals surface area contributed by atoms with Gasteiger partial charge in [0.1, 0.15) is 12.4 Å². The van der Waals surface area contributed by atoms with E-state index in [4.69, 9.17) is 19.9 Å². The molecule has 1 aliphatic rings. The van der Waals surface area contributed by atoms with Gasteiger partial charge in [-0.1, -0.05) is 18.2 Å². The Morgan fingerprint density at radius 3 is 2.73 bits per heavy atom. The van der Waals surface area contributed by atoms with Gasteiger partial charge in [0.05, 0.1) is 19.3 Å². The van der Waals surface area contributed by atoms with E-state index in [1.807, 2.05) is 49.4 Å². The Hall–Kier alpha value is -2.20. The van der Waals surface area contributed by atoms with E-state index in [2.05, 4.69) is 0 Å². The van der Waals surface area contributed by atoms with Crippen molar-refractivity contribution in [1.29, 1.82) is 0 Å². The summed E-state index contributed by atoms with van der Waals surface area (Å²) in [5.41, 5.74) is 8.38. The van der Waals surface area contributed by atoms with Crippen LogP contribution in [0.4, 0.5) is 0 Å². The van der Waals surface area contributed by atoms with Crippen LogP contribution >= 0.6 is 0 Å². The largest absolute Gasteiger partial charge is 0.492 e. The van der Waals surface area contributed by atoms with E-state index in [0.29, 0.717) is 19.8 Å². The normalized spacial score (nSPS) is 15.0. The minimum Gasteiger partial charge on any atom is -0.492 e. The molecule has 2 N–H and O–H groups in total. The molecule has 2 aromatic carbocycles. The number of benzene rings is 2. The molecule has 1 heterocycles. The lowest BCUT2D eigenvalue weighted by molar-refractivity contribution is 0.289. The van der Waals surface area contributed by atoms with Crippen molar-refractivity contribution < 1.29 is 14.2 Å². The van der Waals surface area contributed by atoms with E-state index >= 15 is 0 Å². The first kappa shape index (κ1) is 14.7. The summed E-state index contributed by atoms with van der Waals surface area (Å²) in [6.45, 7) is 3.82. The van der Waals surface area contributed by atoms with E-state index in [1.165, 1.54) is 5.56 Å². The molecule has 3 rings (SSSR count). The molecule has 1 atom stereocenters. The van der Waals surface area contributed by atoms with Crippen LogP contribution in [0.3, 0.4) is 0 Å². The lowest BCUT2D eigenvalue weighted by atomic mass is 10.1. The minimum absolute atomic E-state index is 0.210. The molecule has 1 unspecified atom stereocenters. The molecule has 0 saturated heterocycles. The maximum Gasteiger partial charge on any atom is 0.161 e. The van der Waals surface area contributed by atoms with Crippen LogP contribution in [0.25, 0.3) is 0 Å². The summed E-state index contributed by atoms with van der Waals surface area (Å²) >= 11 is 0. The Labute approximate surface area is 130 Å². The molecule has 0 bridgehead atoms. The van der Waals surface area contributed by atoms with Gasteiger partial charge >= 0.3 is 0 Å². The predicted octanol–water partition coefficient (Wildman–Crippen LogP) is 3.24. The SMILES string of the molecule is Cc1cccc(OCC(N)c2ccc3c(c2)OCCCO3)c1. The molecule has 116 valence electrons. The maximum absolute atomic E-state index is 6.23. The highest BCUT2D eigenvalue weighted by atomic mass is 16.5. The molecule has 0 radical (unpaired) electrons. The molecule has 0 fully saturated rings. The number of fused-ring (bicyclic) bond motifs is 1. The third-order valence-corrected chi connectivity index (χ3v) is 3.62. The minimum atomic E-state index is -0.210. The lowest BCUT2D eigenvalue weighted by Crippen LogP contribution is -2.19. The van der Waals surface area contributed by atoms with Crippen LogP contribution in [0.1, 0.15) is 23.6 Å². The Kier molecular flexibility index (Phi) is 4.49. The summed E-state index contributed by atoms with van der Waals surface area (Å²) in [5.74, 6) is 2.39. The van der Waals surface area contributed by atoms with Gasteiger partial charge in [-0.2, -0.15) is 0 Å². The van der Waals surface area contributed by atoms with Crippen LogP contribution in [0, 0.1) is 6.92 Å². The zero-order valence-corrected chi connectivity index (χ0v) is 12.7. The molecule has 2 aromatic rings. The second-order valence-corrected chi connectivity index (χ2v) is 5.49. The fourth-order valence-corrected chi connectivity index (χ4v) is 2.40. The van der Waals surface area contributed by atoms with Crippen molar-refractivity contribution in [1.82, 2.24) is 0 Å². The Bertz CT molecular complexity index is 642. The second-order valence-electron chi connectivity index (χ2n) is 5.49. The smallest absolute Gasteiger partial charge is 0.161 e. The van der Waals surface area contributed by atoms with E-state index in [0.717, 1.165) is 29.2 Å². The average Bonchev–Trinajstić information content (AvgIpc) is 2.77. The Morgan fingerprint density at radius 1 is 1.09 bits per heavy atom. The molecule has 0 amide bonds. The Morgan fingerprint density at radius 2 is 1.91 bits per heavy atom. The van der Waals surface area contributed by atoms with Crippen molar-refractivity contribution in [3.05, 3.63) is 53.6 Å². The molecule has 1 aliphatic heterocycles. The zero-order chi connectivity index (χ0) is 15.4. The van der Waals surface area contributed by atoms with Gasteiger partial charge in [0.2, 0.25) is 0 Å².